The van der Waals surface area contributed by atoms with Crippen LogP contribution in [0.3, 0.4) is 0 Å². The van der Waals surface area contributed by atoms with Crippen molar-refractivity contribution in [2.45, 2.75) is 29.6 Å². The van der Waals surface area contributed by atoms with Crippen LogP contribution in [0.15, 0.2) is 58.3 Å². The summed E-state index contributed by atoms with van der Waals surface area (Å²) in [6.45, 7) is 2.20. The van der Waals surface area contributed by atoms with Crippen molar-refractivity contribution in [2.75, 3.05) is 4.72 Å². The van der Waals surface area contributed by atoms with E-state index in [0.29, 0.717) is 0 Å². The van der Waals surface area contributed by atoms with Crippen molar-refractivity contribution >= 4 is 29.6 Å². The fraction of sp³-hybridized carbons (Fsp3) is 0.200. The van der Waals surface area contributed by atoms with E-state index in [9.17, 15) is 0 Å². The second-order valence-corrected chi connectivity index (χ2v) is 5.83. The molecule has 2 rings (SSSR count). The maximum Gasteiger partial charge on any atom is 0.0454 e. The van der Waals surface area contributed by atoms with Crippen LogP contribution >= 0.6 is 23.9 Å². The Morgan fingerprint density at radius 2 is 1.84 bits per heavy atom. The first-order valence-corrected chi connectivity index (χ1v) is 8.00. The molecule has 0 saturated carbocycles. The third-order valence-electron chi connectivity index (χ3n) is 2.72. The molecule has 0 saturated heterocycles. The topological polar surface area (TPSA) is 38.0 Å². The third-order valence-corrected chi connectivity index (χ3v) is 4.09. The first-order chi connectivity index (χ1) is 9.31. The van der Waals surface area contributed by atoms with Crippen LogP contribution in [-0.2, 0) is 6.42 Å². The van der Waals surface area contributed by atoms with Crippen LogP contribution in [-0.4, -0.2) is 0 Å². The van der Waals surface area contributed by atoms with Gasteiger partial charge in [0.2, 0.25) is 0 Å². The lowest BCUT2D eigenvalue weighted by Crippen LogP contribution is -1.88. The largest absolute Gasteiger partial charge is 0.326 e. The molecule has 3 N–H and O–H groups in total. The molecule has 0 aromatic heterocycles. The zero-order valence-electron chi connectivity index (χ0n) is 10.9. The van der Waals surface area contributed by atoms with Gasteiger partial charge in [-0.25, -0.2) is 0 Å². The highest BCUT2D eigenvalue weighted by atomic mass is 32.2. The monoisotopic (exact) mass is 290 g/mol. The molecule has 0 amide bonds. The van der Waals surface area contributed by atoms with Gasteiger partial charge >= 0.3 is 0 Å². The summed E-state index contributed by atoms with van der Waals surface area (Å²) in [5.74, 6) is 0. The van der Waals surface area contributed by atoms with Gasteiger partial charge in [0, 0.05) is 15.5 Å². The number of anilines is 1. The smallest absolute Gasteiger partial charge is 0.0454 e. The minimum absolute atomic E-state index is 1.06. The third kappa shape index (κ3) is 4.49. The fourth-order valence-electron chi connectivity index (χ4n) is 1.76. The van der Waals surface area contributed by atoms with Crippen molar-refractivity contribution < 1.29 is 0 Å². The van der Waals surface area contributed by atoms with E-state index in [1.807, 2.05) is 24.3 Å². The van der Waals surface area contributed by atoms with Crippen LogP contribution < -0.4 is 9.86 Å². The number of hydrogen-bond donors (Lipinski definition) is 2. The Bertz CT molecular complexity index is 512. The molecular weight excluding hydrogens is 272 g/mol. The Hall–Kier alpha value is -1.10. The molecule has 4 heteroatoms. The van der Waals surface area contributed by atoms with E-state index in [1.54, 1.807) is 11.9 Å². The van der Waals surface area contributed by atoms with Gasteiger partial charge in [-0.15, -0.1) is 0 Å². The van der Waals surface area contributed by atoms with Gasteiger partial charge in [0.25, 0.3) is 0 Å². The number of rotatable bonds is 6. The van der Waals surface area contributed by atoms with E-state index in [1.165, 1.54) is 28.8 Å². The molecule has 0 aliphatic carbocycles. The molecule has 0 fully saturated rings. The van der Waals surface area contributed by atoms with Gasteiger partial charge in [-0.3, -0.25) is 5.14 Å². The number of aryl methyl sites for hydroxylation is 1. The van der Waals surface area contributed by atoms with Crippen molar-refractivity contribution in [3.8, 4) is 0 Å². The van der Waals surface area contributed by atoms with E-state index in [2.05, 4.69) is 35.9 Å². The molecule has 100 valence electrons. The normalized spacial score (nSPS) is 10.4. The summed E-state index contributed by atoms with van der Waals surface area (Å²) in [5, 5.41) is 5.55. The van der Waals surface area contributed by atoms with Crippen molar-refractivity contribution in [1.29, 1.82) is 0 Å². The van der Waals surface area contributed by atoms with E-state index in [4.69, 9.17) is 5.14 Å². The highest BCUT2D eigenvalue weighted by Crippen LogP contribution is 2.24. The zero-order valence-corrected chi connectivity index (χ0v) is 12.6. The van der Waals surface area contributed by atoms with Crippen LogP contribution in [0.25, 0.3) is 0 Å². The van der Waals surface area contributed by atoms with Crippen LogP contribution in [0.5, 0.6) is 0 Å². The van der Waals surface area contributed by atoms with Crippen LogP contribution in [0.4, 0.5) is 5.69 Å². The second kappa shape index (κ2) is 7.48. The molecule has 2 aromatic carbocycles. The number of nitrogens with one attached hydrogen (secondary N) is 1. The molecular formula is C15H18N2S2. The second-order valence-electron chi connectivity index (χ2n) is 4.24. The average Bonchev–Trinajstić information content (AvgIpc) is 2.47. The first-order valence-electron chi connectivity index (χ1n) is 6.30. The average molecular weight is 290 g/mol. The Labute approximate surface area is 123 Å². The standard InChI is InChI=1S/C15H18N2S2/c1-2-4-12-7-9-14(10-8-12)19-17-13-5-3-6-15(11-13)18-16/h3,5-11,17H,2,4,16H2,1H3. The molecule has 0 atom stereocenters. The van der Waals surface area contributed by atoms with Crippen LogP contribution in [0.2, 0.25) is 0 Å². The zero-order chi connectivity index (χ0) is 13.5. The Morgan fingerprint density at radius 3 is 2.53 bits per heavy atom. The summed E-state index contributed by atoms with van der Waals surface area (Å²) in [6, 6.07) is 16.8. The van der Waals surface area contributed by atoms with Crippen LogP contribution in [0.1, 0.15) is 18.9 Å². The highest BCUT2D eigenvalue weighted by molar-refractivity contribution is 8.00. The lowest BCUT2D eigenvalue weighted by molar-refractivity contribution is 0.920. The summed E-state index contributed by atoms with van der Waals surface area (Å²) in [6.07, 6.45) is 2.34. The SMILES string of the molecule is CCCc1ccc(SNc2cccc(SN)c2)cc1. The summed E-state index contributed by atoms with van der Waals surface area (Å²) < 4.78 is 3.33. The van der Waals surface area contributed by atoms with Gasteiger partial charge in [0.05, 0.1) is 0 Å². The van der Waals surface area contributed by atoms with Crippen molar-refractivity contribution in [3.63, 3.8) is 0 Å². The molecule has 0 unspecified atom stereocenters. The summed E-state index contributed by atoms with van der Waals surface area (Å²) in [7, 11) is 0. The summed E-state index contributed by atoms with van der Waals surface area (Å²) in [5.41, 5.74) is 2.46. The molecule has 0 bridgehead atoms. The van der Waals surface area contributed by atoms with Crippen LogP contribution in [0, 0.1) is 0 Å². The quantitative estimate of drug-likeness (QED) is 0.755. The summed E-state index contributed by atoms with van der Waals surface area (Å²) in [4.78, 5) is 2.27. The van der Waals surface area contributed by atoms with Gasteiger partial charge in [-0.1, -0.05) is 31.5 Å². The minimum atomic E-state index is 1.06. The molecule has 0 heterocycles. The Kier molecular flexibility index (Phi) is 5.63. The Balaban J connectivity index is 1.94. The van der Waals surface area contributed by atoms with Gasteiger partial charge in [0.1, 0.15) is 0 Å². The molecule has 0 aliphatic rings. The van der Waals surface area contributed by atoms with Gasteiger partial charge in [-0.2, -0.15) is 0 Å². The van der Waals surface area contributed by atoms with E-state index in [0.717, 1.165) is 17.0 Å². The van der Waals surface area contributed by atoms with Crippen molar-refractivity contribution in [2.24, 2.45) is 5.14 Å². The molecule has 0 radical (unpaired) electrons. The van der Waals surface area contributed by atoms with E-state index >= 15 is 0 Å². The molecule has 0 spiro atoms. The maximum atomic E-state index is 5.55. The first kappa shape index (κ1) is 14.3. The predicted octanol–water partition coefficient (Wildman–Crippen LogP) is 4.72. The predicted molar refractivity (Wildman–Crippen MR) is 86.4 cm³/mol. The van der Waals surface area contributed by atoms with E-state index in [-0.39, 0.29) is 0 Å². The van der Waals surface area contributed by atoms with E-state index < -0.39 is 0 Å². The lowest BCUT2D eigenvalue weighted by atomic mass is 10.1. The fourth-order valence-corrected chi connectivity index (χ4v) is 2.75. The Morgan fingerprint density at radius 1 is 1.05 bits per heavy atom. The number of benzene rings is 2. The molecule has 0 aliphatic heterocycles. The number of hydrogen-bond acceptors (Lipinski definition) is 4. The van der Waals surface area contributed by atoms with Gasteiger partial charge < -0.3 is 4.72 Å². The van der Waals surface area contributed by atoms with Gasteiger partial charge in [0.15, 0.2) is 0 Å². The summed E-state index contributed by atoms with van der Waals surface area (Å²) >= 11 is 2.88. The minimum Gasteiger partial charge on any atom is -0.326 e. The molecule has 19 heavy (non-hydrogen) atoms. The van der Waals surface area contributed by atoms with Crippen molar-refractivity contribution in [1.82, 2.24) is 0 Å². The molecule has 2 nitrogen and oxygen atoms in total. The highest BCUT2D eigenvalue weighted by Gasteiger charge is 1.98. The molecule has 2 aromatic rings. The maximum absolute atomic E-state index is 5.55. The lowest BCUT2D eigenvalue weighted by Gasteiger charge is -2.07. The van der Waals surface area contributed by atoms with Gasteiger partial charge in [-0.05, 0) is 66.2 Å². The number of nitrogens with two attached hydrogens (primary N) is 1. The van der Waals surface area contributed by atoms with Crippen molar-refractivity contribution in [3.05, 3.63) is 54.1 Å².